The number of esters is 1. The quantitative estimate of drug-likeness (QED) is 0.628. The molecule has 0 unspecified atom stereocenters. The molecule has 0 heterocycles. The van der Waals surface area contributed by atoms with Gasteiger partial charge in [-0.1, -0.05) is 12.1 Å². The van der Waals surface area contributed by atoms with E-state index >= 15 is 0 Å². The molecular weight excluding hydrogens is 376 g/mol. The Morgan fingerprint density at radius 1 is 0.897 bits per heavy atom. The van der Waals surface area contributed by atoms with Gasteiger partial charge in [-0.15, -0.1) is 0 Å². The smallest absolute Gasteiger partial charge is 0.306 e. The summed E-state index contributed by atoms with van der Waals surface area (Å²) >= 11 is 0. The van der Waals surface area contributed by atoms with Gasteiger partial charge in [-0.25, -0.2) is 0 Å². The molecule has 29 heavy (non-hydrogen) atoms. The van der Waals surface area contributed by atoms with Gasteiger partial charge in [0.2, 0.25) is 5.91 Å². The van der Waals surface area contributed by atoms with Crippen molar-refractivity contribution >= 4 is 29.2 Å². The van der Waals surface area contributed by atoms with E-state index in [1.165, 1.54) is 14.2 Å². The maximum Gasteiger partial charge on any atom is 0.306 e. The van der Waals surface area contributed by atoms with Gasteiger partial charge in [0.25, 0.3) is 5.91 Å². The molecule has 0 aliphatic rings. The molecule has 0 aromatic heterocycles. The lowest BCUT2D eigenvalue weighted by atomic mass is 10.2. The molecule has 2 aromatic carbocycles. The van der Waals surface area contributed by atoms with Crippen LogP contribution in [0.25, 0.3) is 0 Å². The van der Waals surface area contributed by atoms with E-state index in [1.807, 2.05) is 25.1 Å². The van der Waals surface area contributed by atoms with Gasteiger partial charge in [-0.3, -0.25) is 14.4 Å². The van der Waals surface area contributed by atoms with Crippen LogP contribution in [-0.2, 0) is 19.1 Å². The highest BCUT2D eigenvalue weighted by Crippen LogP contribution is 2.28. The second-order valence-electron chi connectivity index (χ2n) is 6.19. The molecule has 0 spiro atoms. The summed E-state index contributed by atoms with van der Waals surface area (Å²) in [5.74, 6) is -0.473. The van der Waals surface area contributed by atoms with Crippen molar-refractivity contribution in [2.75, 3.05) is 31.5 Å². The monoisotopic (exact) mass is 400 g/mol. The number of hydrogen-bond donors (Lipinski definition) is 2. The standard InChI is InChI=1S/C21H24N2O6/c1-14-5-4-6-15(11-14)22-19(24)9-10-21(26)29-13-20(25)23-17-8-7-16(27-2)12-18(17)28-3/h4-8,11-12H,9-10,13H2,1-3H3,(H,22,24)(H,23,25). The van der Waals surface area contributed by atoms with Gasteiger partial charge >= 0.3 is 5.97 Å². The van der Waals surface area contributed by atoms with Crippen LogP contribution in [0.5, 0.6) is 11.5 Å². The first-order chi connectivity index (χ1) is 13.9. The number of aryl methyl sites for hydroxylation is 1. The summed E-state index contributed by atoms with van der Waals surface area (Å²) < 4.78 is 15.2. The third-order valence-corrected chi connectivity index (χ3v) is 3.91. The second-order valence-corrected chi connectivity index (χ2v) is 6.19. The maximum atomic E-state index is 12.0. The average molecular weight is 400 g/mol. The summed E-state index contributed by atoms with van der Waals surface area (Å²) in [6, 6.07) is 12.2. The van der Waals surface area contributed by atoms with Crippen LogP contribution in [0.2, 0.25) is 0 Å². The number of methoxy groups -OCH3 is 2. The van der Waals surface area contributed by atoms with Crippen LogP contribution in [-0.4, -0.2) is 38.6 Å². The number of carbonyl (C=O) groups excluding carboxylic acids is 3. The Balaban J connectivity index is 1.74. The Labute approximate surface area is 169 Å². The summed E-state index contributed by atoms with van der Waals surface area (Å²) in [4.78, 5) is 35.7. The van der Waals surface area contributed by atoms with Crippen LogP contribution in [0.1, 0.15) is 18.4 Å². The SMILES string of the molecule is COc1ccc(NC(=O)COC(=O)CCC(=O)Nc2cccc(C)c2)c(OC)c1. The lowest BCUT2D eigenvalue weighted by molar-refractivity contribution is -0.147. The van der Waals surface area contributed by atoms with E-state index in [0.717, 1.165) is 5.56 Å². The highest BCUT2D eigenvalue weighted by molar-refractivity contribution is 5.95. The van der Waals surface area contributed by atoms with Crippen molar-refractivity contribution < 1.29 is 28.6 Å². The first-order valence-corrected chi connectivity index (χ1v) is 8.95. The van der Waals surface area contributed by atoms with E-state index in [4.69, 9.17) is 14.2 Å². The third-order valence-electron chi connectivity index (χ3n) is 3.91. The Bertz CT molecular complexity index is 881. The van der Waals surface area contributed by atoms with E-state index in [1.54, 1.807) is 24.3 Å². The molecule has 0 bridgehead atoms. The minimum Gasteiger partial charge on any atom is -0.497 e. The van der Waals surface area contributed by atoms with Gasteiger partial charge in [-0.2, -0.15) is 0 Å². The predicted molar refractivity (Wildman–Crippen MR) is 108 cm³/mol. The Hall–Kier alpha value is -3.55. The minimum atomic E-state index is -0.638. The molecule has 0 radical (unpaired) electrons. The van der Waals surface area contributed by atoms with Gasteiger partial charge < -0.3 is 24.8 Å². The van der Waals surface area contributed by atoms with Crippen molar-refractivity contribution in [3.8, 4) is 11.5 Å². The summed E-state index contributed by atoms with van der Waals surface area (Å²) in [5, 5.41) is 5.30. The lowest BCUT2D eigenvalue weighted by Crippen LogP contribution is -2.22. The Kier molecular flexibility index (Phi) is 8.02. The zero-order chi connectivity index (χ0) is 21.2. The van der Waals surface area contributed by atoms with Crippen molar-refractivity contribution in [3.05, 3.63) is 48.0 Å². The van der Waals surface area contributed by atoms with Crippen LogP contribution < -0.4 is 20.1 Å². The van der Waals surface area contributed by atoms with Crippen LogP contribution in [0.3, 0.4) is 0 Å². The fourth-order valence-corrected chi connectivity index (χ4v) is 2.47. The molecule has 8 heteroatoms. The molecule has 2 N–H and O–H groups in total. The molecule has 8 nitrogen and oxygen atoms in total. The summed E-state index contributed by atoms with van der Waals surface area (Å²) in [6.45, 7) is 1.45. The molecule has 2 aromatic rings. The fraction of sp³-hybridized carbons (Fsp3) is 0.286. The Morgan fingerprint density at radius 2 is 1.69 bits per heavy atom. The van der Waals surface area contributed by atoms with E-state index < -0.39 is 18.5 Å². The molecule has 0 saturated heterocycles. The van der Waals surface area contributed by atoms with Crippen LogP contribution in [0.15, 0.2) is 42.5 Å². The van der Waals surface area contributed by atoms with E-state index in [2.05, 4.69) is 10.6 Å². The van der Waals surface area contributed by atoms with Crippen LogP contribution >= 0.6 is 0 Å². The highest BCUT2D eigenvalue weighted by Gasteiger charge is 2.13. The van der Waals surface area contributed by atoms with Crippen molar-refractivity contribution in [2.24, 2.45) is 0 Å². The molecule has 0 aliphatic carbocycles. The molecule has 2 amide bonds. The molecular formula is C21H24N2O6. The van der Waals surface area contributed by atoms with E-state index in [-0.39, 0.29) is 18.7 Å². The largest absolute Gasteiger partial charge is 0.497 e. The predicted octanol–water partition coefficient (Wildman–Crippen LogP) is 2.91. The van der Waals surface area contributed by atoms with Gasteiger partial charge in [0, 0.05) is 18.2 Å². The minimum absolute atomic E-state index is 0.0410. The van der Waals surface area contributed by atoms with Gasteiger partial charge in [0.05, 0.1) is 26.3 Å². The van der Waals surface area contributed by atoms with Gasteiger partial charge in [0.15, 0.2) is 6.61 Å². The third kappa shape index (κ3) is 7.17. The normalized spacial score (nSPS) is 10.0. The summed E-state index contributed by atoms with van der Waals surface area (Å²) in [7, 11) is 2.99. The zero-order valence-corrected chi connectivity index (χ0v) is 16.6. The van der Waals surface area contributed by atoms with E-state index in [9.17, 15) is 14.4 Å². The van der Waals surface area contributed by atoms with Gasteiger partial charge in [0.1, 0.15) is 11.5 Å². The first kappa shape index (κ1) is 21.7. The van der Waals surface area contributed by atoms with Crippen LogP contribution in [0, 0.1) is 6.92 Å². The summed E-state index contributed by atoms with van der Waals surface area (Å²) in [6.07, 6.45) is -0.169. The average Bonchev–Trinajstić information content (AvgIpc) is 2.71. The topological polar surface area (TPSA) is 103 Å². The number of amides is 2. The maximum absolute atomic E-state index is 12.0. The van der Waals surface area contributed by atoms with Crippen molar-refractivity contribution in [2.45, 2.75) is 19.8 Å². The van der Waals surface area contributed by atoms with Crippen molar-refractivity contribution in [1.29, 1.82) is 0 Å². The number of nitrogens with one attached hydrogen (secondary N) is 2. The molecule has 154 valence electrons. The van der Waals surface area contributed by atoms with Crippen molar-refractivity contribution in [1.82, 2.24) is 0 Å². The number of carbonyl (C=O) groups is 3. The number of anilines is 2. The molecule has 2 rings (SSSR count). The number of ether oxygens (including phenoxy) is 3. The van der Waals surface area contributed by atoms with E-state index in [0.29, 0.717) is 22.9 Å². The molecule has 0 saturated carbocycles. The van der Waals surface area contributed by atoms with Gasteiger partial charge in [-0.05, 0) is 36.8 Å². The molecule has 0 fully saturated rings. The Morgan fingerprint density at radius 3 is 2.38 bits per heavy atom. The fourth-order valence-electron chi connectivity index (χ4n) is 2.47. The second kappa shape index (κ2) is 10.7. The first-order valence-electron chi connectivity index (χ1n) is 8.95. The number of hydrogen-bond acceptors (Lipinski definition) is 6. The van der Waals surface area contributed by atoms with Crippen molar-refractivity contribution in [3.63, 3.8) is 0 Å². The molecule has 0 atom stereocenters. The number of rotatable bonds is 9. The highest BCUT2D eigenvalue weighted by atomic mass is 16.5. The lowest BCUT2D eigenvalue weighted by Gasteiger charge is -2.11. The molecule has 0 aliphatic heterocycles. The number of benzene rings is 2. The zero-order valence-electron chi connectivity index (χ0n) is 16.6. The van der Waals surface area contributed by atoms with Crippen LogP contribution in [0.4, 0.5) is 11.4 Å². The summed E-state index contributed by atoms with van der Waals surface area (Å²) in [5.41, 5.74) is 2.10.